The van der Waals surface area contributed by atoms with Crippen LogP contribution in [0, 0.1) is 25.7 Å². The number of anilines is 6. The van der Waals surface area contributed by atoms with Crippen molar-refractivity contribution < 1.29 is 37.9 Å². The molecule has 6 aromatic rings. The summed E-state index contributed by atoms with van der Waals surface area (Å²) in [6.45, 7) is 19.1. The lowest BCUT2D eigenvalue weighted by Crippen LogP contribution is -2.47. The van der Waals surface area contributed by atoms with Crippen LogP contribution in [0.15, 0.2) is 131 Å². The number of aryl methyl sites for hydroxylation is 2. The highest BCUT2D eigenvalue weighted by molar-refractivity contribution is 6.06. The monoisotopic (exact) mass is 1070 g/mol. The number of hydrogen-bond donors (Lipinski definition) is 3. The molecular formula is C63H78N8O8. The summed E-state index contributed by atoms with van der Waals surface area (Å²) < 4.78 is 10.5. The number of aromatic carboxylic acids is 1. The molecule has 2 atom stereocenters. The van der Waals surface area contributed by atoms with E-state index < -0.39 is 11.9 Å². The van der Waals surface area contributed by atoms with E-state index in [1.807, 2.05) is 36.1 Å². The number of amides is 3. The van der Waals surface area contributed by atoms with Crippen molar-refractivity contribution in [1.29, 1.82) is 0 Å². The number of furan rings is 2. The average molecular weight is 1080 g/mol. The highest BCUT2D eigenvalue weighted by Crippen LogP contribution is 2.34. The molecule has 4 saturated heterocycles. The second-order valence-electron chi connectivity index (χ2n) is 21.4. The van der Waals surface area contributed by atoms with Gasteiger partial charge in [0, 0.05) is 102 Å². The van der Waals surface area contributed by atoms with Crippen LogP contribution in [0.1, 0.15) is 112 Å². The average Bonchev–Trinajstić information content (AvgIpc) is 4.26. The van der Waals surface area contributed by atoms with Gasteiger partial charge in [-0.05, 0) is 155 Å². The second-order valence-corrected chi connectivity index (χ2v) is 21.4. The molecule has 4 fully saturated rings. The topological polar surface area (TPSA) is 175 Å². The predicted molar refractivity (Wildman–Crippen MR) is 313 cm³/mol. The van der Waals surface area contributed by atoms with Crippen LogP contribution in [0.5, 0.6) is 0 Å². The van der Waals surface area contributed by atoms with Gasteiger partial charge < -0.3 is 54.0 Å². The number of rotatable bonds is 14. The zero-order valence-electron chi connectivity index (χ0n) is 46.6. The minimum absolute atomic E-state index is 0.0317. The normalized spacial score (nSPS) is 17.7. The summed E-state index contributed by atoms with van der Waals surface area (Å²) in [5, 5.41) is 15.2. The van der Waals surface area contributed by atoms with Crippen molar-refractivity contribution in [3.8, 4) is 0 Å². The summed E-state index contributed by atoms with van der Waals surface area (Å²) in [5.74, 6) is -0.120. The predicted octanol–water partition coefficient (Wildman–Crippen LogP) is 11.0. The van der Waals surface area contributed by atoms with Crippen molar-refractivity contribution in [3.05, 3.63) is 155 Å². The number of piperidine rings is 2. The standard InChI is InChI=1S/C33H40N4O4.C23H23N3O4.C7H15N/c1-3-8-32(39)37-15-6-10-25(23-37)21-30(38)26-13-14-29(27(22-26)34-33(40)31-12-7-20-41-31)36-18-16-35(17-19-36)28-11-5-4-9-24(28)2;1-16-5-2-3-6-19(16)25-10-12-26(13-11-25)20-9-8-17(23(28)29)15-18(20)24-22(27)21-7-4-14-30-21;1-7-4-3-5-8(2)6-7/h4-5,7,9,11-14,20,22,25H,3,6,8,10,15-19,21,23H2,1-2H3,(H,34,40);2-9,14-15H,10-13H2,1H3,(H,24,27)(H,28,29);7H,3-6H2,1-2H3/t25-;;7-/m0.1/s1. The number of hydrogen-bond acceptors (Lipinski definition) is 12. The molecule has 79 heavy (non-hydrogen) atoms. The molecule has 16 nitrogen and oxygen atoms in total. The number of carbonyl (C=O) groups is 5. The fourth-order valence-electron chi connectivity index (χ4n) is 11.2. The van der Waals surface area contributed by atoms with Gasteiger partial charge in [-0.15, -0.1) is 0 Å². The molecule has 4 aromatic carbocycles. The first-order chi connectivity index (χ1) is 38.2. The number of benzene rings is 4. The van der Waals surface area contributed by atoms with E-state index in [0.29, 0.717) is 36.3 Å². The van der Waals surface area contributed by atoms with Gasteiger partial charge in [-0.2, -0.15) is 0 Å². The summed E-state index contributed by atoms with van der Waals surface area (Å²) in [5.41, 5.74) is 8.40. The highest BCUT2D eigenvalue weighted by Gasteiger charge is 2.28. The van der Waals surface area contributed by atoms with Gasteiger partial charge in [0.15, 0.2) is 17.3 Å². The lowest BCUT2D eigenvalue weighted by Gasteiger charge is -2.38. The smallest absolute Gasteiger partial charge is 0.335 e. The quantitative estimate of drug-likeness (QED) is 0.0880. The van der Waals surface area contributed by atoms with Crippen LogP contribution in [0.3, 0.4) is 0 Å². The molecule has 10 rings (SSSR count). The number of ketones is 1. The Kier molecular flexibility index (Phi) is 20.1. The molecule has 4 aliphatic heterocycles. The number of carboxylic acid groups (broad SMARTS) is 1. The summed E-state index contributed by atoms with van der Waals surface area (Å²) in [4.78, 5) is 76.3. The lowest BCUT2D eigenvalue weighted by molar-refractivity contribution is -0.133. The fraction of sp³-hybridized carbons (Fsp3) is 0.413. The third kappa shape index (κ3) is 15.5. The van der Waals surface area contributed by atoms with Crippen molar-refractivity contribution in [3.63, 3.8) is 0 Å². The van der Waals surface area contributed by atoms with Gasteiger partial charge in [0.05, 0.1) is 40.8 Å². The number of likely N-dealkylation sites (tertiary alicyclic amines) is 2. The SMILES string of the molecule is CCCC(=O)N1CCC[C@@H](CC(=O)c2ccc(N3CCN(c4ccccc4C)CC3)c(NC(=O)c3ccco3)c2)C1.C[C@@H]1CCCN(C)C1.Cc1ccccc1N1CCN(c2ccc(C(=O)O)cc2NC(=O)c2ccco2)CC1. The van der Waals surface area contributed by atoms with Gasteiger partial charge in [-0.1, -0.05) is 50.2 Å². The Balaban J connectivity index is 0.000000188. The number of piperazine rings is 2. The van der Waals surface area contributed by atoms with Gasteiger partial charge in [0.25, 0.3) is 11.8 Å². The number of Topliss-reactive ketones (excluding diaryl/α,β-unsaturated/α-hetero) is 1. The maximum atomic E-state index is 13.4. The van der Waals surface area contributed by atoms with Gasteiger partial charge in [-0.3, -0.25) is 19.2 Å². The number of carboxylic acids is 1. The lowest BCUT2D eigenvalue weighted by atomic mass is 9.90. The summed E-state index contributed by atoms with van der Waals surface area (Å²) in [7, 11) is 2.20. The zero-order valence-corrected chi connectivity index (χ0v) is 46.6. The Labute approximate surface area is 465 Å². The van der Waals surface area contributed by atoms with E-state index >= 15 is 0 Å². The molecule has 418 valence electrons. The third-order valence-corrected chi connectivity index (χ3v) is 15.4. The van der Waals surface area contributed by atoms with Crippen LogP contribution in [0.4, 0.5) is 34.1 Å². The molecule has 3 N–H and O–H groups in total. The summed E-state index contributed by atoms with van der Waals surface area (Å²) >= 11 is 0. The molecule has 3 amide bonds. The molecule has 0 radical (unpaired) electrons. The minimum atomic E-state index is -1.04. The molecule has 0 bridgehead atoms. The maximum Gasteiger partial charge on any atom is 0.335 e. The van der Waals surface area contributed by atoms with Crippen LogP contribution < -0.4 is 30.2 Å². The van der Waals surface area contributed by atoms with E-state index in [1.165, 1.54) is 67.0 Å². The largest absolute Gasteiger partial charge is 0.478 e. The van der Waals surface area contributed by atoms with Gasteiger partial charge in [-0.25, -0.2) is 4.79 Å². The van der Waals surface area contributed by atoms with Crippen molar-refractivity contribution >= 4 is 63.6 Å². The van der Waals surface area contributed by atoms with Crippen LogP contribution in [-0.4, -0.2) is 130 Å². The molecule has 2 aromatic heterocycles. The van der Waals surface area contributed by atoms with Crippen LogP contribution in [0.25, 0.3) is 0 Å². The summed E-state index contributed by atoms with van der Waals surface area (Å²) in [6, 6.07) is 33.7. The molecule has 6 heterocycles. The number of nitrogens with one attached hydrogen (secondary N) is 2. The molecule has 0 saturated carbocycles. The zero-order chi connectivity index (χ0) is 55.8. The highest BCUT2D eigenvalue weighted by atomic mass is 16.4. The Bertz CT molecular complexity index is 2970. The third-order valence-electron chi connectivity index (χ3n) is 15.4. The van der Waals surface area contributed by atoms with Gasteiger partial charge in [0.1, 0.15) is 0 Å². The number of carbonyl (C=O) groups excluding carboxylic acids is 4. The van der Waals surface area contributed by atoms with Crippen molar-refractivity contribution in [2.75, 3.05) is 116 Å². The van der Waals surface area contributed by atoms with E-state index in [9.17, 15) is 29.1 Å². The number of nitrogens with zero attached hydrogens (tertiary/aromatic N) is 6. The Morgan fingerprint density at radius 3 is 1.49 bits per heavy atom. The Morgan fingerprint density at radius 2 is 1.05 bits per heavy atom. The Hall–Kier alpha value is -7.85. The molecular weight excluding hydrogens is 997 g/mol. The van der Waals surface area contributed by atoms with Gasteiger partial charge >= 0.3 is 5.97 Å². The van der Waals surface area contributed by atoms with Crippen LogP contribution in [-0.2, 0) is 4.79 Å². The first-order valence-electron chi connectivity index (χ1n) is 28.1. The molecule has 0 aliphatic carbocycles. The molecule has 16 heteroatoms. The van der Waals surface area contributed by atoms with E-state index in [2.05, 4.69) is 99.4 Å². The van der Waals surface area contributed by atoms with E-state index in [-0.39, 0.29) is 40.6 Å². The maximum absolute atomic E-state index is 13.4. The molecule has 4 aliphatic rings. The molecule has 0 spiro atoms. The first kappa shape index (κ1) is 57.3. The Morgan fingerprint density at radius 1 is 0.570 bits per heavy atom. The van der Waals surface area contributed by atoms with E-state index in [0.717, 1.165) is 95.5 Å². The summed E-state index contributed by atoms with van der Waals surface area (Å²) in [6.07, 6.45) is 9.36. The van der Waals surface area contributed by atoms with Crippen molar-refractivity contribution in [2.45, 2.75) is 72.6 Å². The van der Waals surface area contributed by atoms with Crippen molar-refractivity contribution in [2.24, 2.45) is 11.8 Å². The second kappa shape index (κ2) is 27.6. The van der Waals surface area contributed by atoms with E-state index in [4.69, 9.17) is 8.83 Å². The van der Waals surface area contributed by atoms with Crippen LogP contribution >= 0.6 is 0 Å². The fourth-order valence-corrected chi connectivity index (χ4v) is 11.2. The van der Waals surface area contributed by atoms with Crippen molar-refractivity contribution in [1.82, 2.24) is 9.80 Å². The molecule has 0 unspecified atom stereocenters. The minimum Gasteiger partial charge on any atom is -0.478 e. The first-order valence-corrected chi connectivity index (χ1v) is 28.1. The van der Waals surface area contributed by atoms with Gasteiger partial charge in [0.2, 0.25) is 5.91 Å². The number of para-hydroxylation sites is 2. The van der Waals surface area contributed by atoms with Crippen LogP contribution in [0.2, 0.25) is 0 Å². The van der Waals surface area contributed by atoms with E-state index in [1.54, 1.807) is 42.5 Å².